The SMILES string of the molecule is COc1cc(CNC(=O)CC2CNCCO2)cc(OC)c1OC. The molecule has 1 aromatic rings. The molecule has 0 radical (unpaired) electrons. The lowest BCUT2D eigenvalue weighted by Crippen LogP contribution is -2.41. The van der Waals surface area contributed by atoms with Crippen LogP contribution in [0.3, 0.4) is 0 Å². The Balaban J connectivity index is 1.95. The number of hydrogen-bond acceptors (Lipinski definition) is 6. The van der Waals surface area contributed by atoms with E-state index < -0.39 is 0 Å². The van der Waals surface area contributed by atoms with Crippen LogP contribution in [-0.2, 0) is 16.1 Å². The van der Waals surface area contributed by atoms with Gasteiger partial charge < -0.3 is 29.6 Å². The third kappa shape index (κ3) is 4.74. The summed E-state index contributed by atoms with van der Waals surface area (Å²) < 4.78 is 21.4. The van der Waals surface area contributed by atoms with Gasteiger partial charge in [0.25, 0.3) is 0 Å². The molecule has 1 saturated heterocycles. The van der Waals surface area contributed by atoms with Gasteiger partial charge in [0.1, 0.15) is 0 Å². The topological polar surface area (TPSA) is 78.1 Å². The highest BCUT2D eigenvalue weighted by Gasteiger charge is 2.18. The molecule has 1 fully saturated rings. The molecule has 1 atom stereocenters. The maximum atomic E-state index is 12.0. The van der Waals surface area contributed by atoms with Gasteiger partial charge in [0.2, 0.25) is 11.7 Å². The molecule has 1 amide bonds. The van der Waals surface area contributed by atoms with E-state index in [1.54, 1.807) is 21.3 Å². The number of rotatable bonds is 7. The van der Waals surface area contributed by atoms with Gasteiger partial charge in [0.05, 0.1) is 40.5 Å². The molecule has 0 aliphatic carbocycles. The summed E-state index contributed by atoms with van der Waals surface area (Å²) >= 11 is 0. The zero-order chi connectivity index (χ0) is 16.7. The van der Waals surface area contributed by atoms with E-state index in [1.165, 1.54) is 0 Å². The number of carbonyl (C=O) groups is 1. The Kier molecular flexibility index (Phi) is 6.49. The third-order valence-electron chi connectivity index (χ3n) is 3.63. The van der Waals surface area contributed by atoms with E-state index in [0.717, 1.165) is 12.1 Å². The number of morpholine rings is 1. The Morgan fingerprint density at radius 2 is 1.96 bits per heavy atom. The summed E-state index contributed by atoms with van der Waals surface area (Å²) in [4.78, 5) is 12.0. The first-order chi connectivity index (χ1) is 11.2. The zero-order valence-corrected chi connectivity index (χ0v) is 13.8. The fourth-order valence-electron chi connectivity index (χ4n) is 2.47. The molecular weight excluding hydrogens is 300 g/mol. The summed E-state index contributed by atoms with van der Waals surface area (Å²) in [5.74, 6) is 1.62. The van der Waals surface area contributed by atoms with Gasteiger partial charge >= 0.3 is 0 Å². The highest BCUT2D eigenvalue weighted by atomic mass is 16.5. The van der Waals surface area contributed by atoms with Crippen molar-refractivity contribution >= 4 is 5.91 Å². The zero-order valence-electron chi connectivity index (χ0n) is 13.8. The Hall–Kier alpha value is -1.99. The second kappa shape index (κ2) is 8.59. The minimum Gasteiger partial charge on any atom is -0.493 e. The Morgan fingerprint density at radius 3 is 2.48 bits per heavy atom. The van der Waals surface area contributed by atoms with Gasteiger partial charge in [-0.3, -0.25) is 4.79 Å². The first kappa shape index (κ1) is 17.4. The first-order valence-corrected chi connectivity index (χ1v) is 7.55. The Bertz CT molecular complexity index is 504. The number of carbonyl (C=O) groups excluding carboxylic acids is 1. The second-order valence-electron chi connectivity index (χ2n) is 5.21. The molecule has 0 spiro atoms. The molecule has 2 N–H and O–H groups in total. The van der Waals surface area contributed by atoms with E-state index in [1.807, 2.05) is 12.1 Å². The summed E-state index contributed by atoms with van der Waals surface area (Å²) in [6, 6.07) is 3.64. The molecule has 1 heterocycles. The number of hydrogen-bond donors (Lipinski definition) is 2. The van der Waals surface area contributed by atoms with Crippen LogP contribution in [0.15, 0.2) is 12.1 Å². The fourth-order valence-corrected chi connectivity index (χ4v) is 2.47. The monoisotopic (exact) mass is 324 g/mol. The third-order valence-corrected chi connectivity index (χ3v) is 3.63. The molecule has 7 nitrogen and oxygen atoms in total. The standard InChI is InChI=1S/C16H24N2O5/c1-20-13-6-11(7-14(21-2)16(13)22-3)9-18-15(19)8-12-10-17-4-5-23-12/h6-7,12,17H,4-5,8-10H2,1-3H3,(H,18,19). The molecule has 1 unspecified atom stereocenters. The van der Waals surface area contributed by atoms with Crippen molar-refractivity contribution in [3.05, 3.63) is 17.7 Å². The molecule has 128 valence electrons. The van der Waals surface area contributed by atoms with Crippen molar-refractivity contribution in [1.29, 1.82) is 0 Å². The lowest BCUT2D eigenvalue weighted by Gasteiger charge is -2.23. The van der Waals surface area contributed by atoms with Crippen molar-refractivity contribution in [2.75, 3.05) is 41.0 Å². The number of amides is 1. The van der Waals surface area contributed by atoms with E-state index in [0.29, 0.717) is 43.4 Å². The summed E-state index contributed by atoms with van der Waals surface area (Å²) in [6.45, 7) is 2.57. The van der Waals surface area contributed by atoms with Gasteiger partial charge in [-0.2, -0.15) is 0 Å². The largest absolute Gasteiger partial charge is 0.493 e. The maximum Gasteiger partial charge on any atom is 0.222 e. The molecule has 0 saturated carbocycles. The van der Waals surface area contributed by atoms with Crippen LogP contribution < -0.4 is 24.8 Å². The van der Waals surface area contributed by atoms with Crippen LogP contribution in [0.2, 0.25) is 0 Å². The molecule has 7 heteroatoms. The van der Waals surface area contributed by atoms with Crippen molar-refractivity contribution in [2.45, 2.75) is 19.1 Å². The molecule has 0 bridgehead atoms. The van der Waals surface area contributed by atoms with Crippen molar-refractivity contribution in [2.24, 2.45) is 0 Å². The van der Waals surface area contributed by atoms with Gasteiger partial charge in [0.15, 0.2) is 11.5 Å². The molecule has 2 rings (SSSR count). The first-order valence-electron chi connectivity index (χ1n) is 7.55. The molecule has 1 aliphatic rings. The van der Waals surface area contributed by atoms with E-state index >= 15 is 0 Å². The summed E-state index contributed by atoms with van der Waals surface area (Å²) in [5, 5.41) is 6.09. The highest BCUT2D eigenvalue weighted by molar-refractivity contribution is 5.76. The van der Waals surface area contributed by atoms with Crippen molar-refractivity contribution in [1.82, 2.24) is 10.6 Å². The number of nitrogens with one attached hydrogen (secondary N) is 2. The number of methoxy groups -OCH3 is 3. The van der Waals surface area contributed by atoms with Gasteiger partial charge in [0, 0.05) is 19.6 Å². The number of benzene rings is 1. The smallest absolute Gasteiger partial charge is 0.222 e. The van der Waals surface area contributed by atoms with Crippen LogP contribution >= 0.6 is 0 Å². The van der Waals surface area contributed by atoms with Crippen LogP contribution in [-0.4, -0.2) is 53.0 Å². The van der Waals surface area contributed by atoms with E-state index in [4.69, 9.17) is 18.9 Å². The average Bonchev–Trinajstić information content (AvgIpc) is 2.59. The summed E-state index contributed by atoms with van der Waals surface area (Å²) in [7, 11) is 4.68. The lowest BCUT2D eigenvalue weighted by atomic mass is 10.1. The minimum absolute atomic E-state index is 0.0487. The predicted molar refractivity (Wildman–Crippen MR) is 85.2 cm³/mol. The molecule has 1 aliphatic heterocycles. The molecular formula is C16H24N2O5. The quantitative estimate of drug-likeness (QED) is 0.769. The van der Waals surface area contributed by atoms with Crippen LogP contribution in [0, 0.1) is 0 Å². The molecule has 1 aromatic carbocycles. The summed E-state index contributed by atoms with van der Waals surface area (Å²) in [6.07, 6.45) is 0.279. The number of ether oxygens (including phenoxy) is 4. The van der Waals surface area contributed by atoms with Crippen LogP contribution in [0.25, 0.3) is 0 Å². The molecule has 23 heavy (non-hydrogen) atoms. The van der Waals surface area contributed by atoms with E-state index in [2.05, 4.69) is 10.6 Å². The van der Waals surface area contributed by atoms with Crippen LogP contribution in [0.4, 0.5) is 0 Å². The maximum absolute atomic E-state index is 12.0. The van der Waals surface area contributed by atoms with Crippen LogP contribution in [0.5, 0.6) is 17.2 Å². The Morgan fingerprint density at radius 1 is 1.26 bits per heavy atom. The average molecular weight is 324 g/mol. The fraction of sp³-hybridized carbons (Fsp3) is 0.562. The van der Waals surface area contributed by atoms with Gasteiger partial charge in [-0.1, -0.05) is 0 Å². The van der Waals surface area contributed by atoms with Gasteiger partial charge in [-0.25, -0.2) is 0 Å². The van der Waals surface area contributed by atoms with E-state index in [-0.39, 0.29) is 12.0 Å². The van der Waals surface area contributed by atoms with Gasteiger partial charge in [-0.05, 0) is 17.7 Å². The van der Waals surface area contributed by atoms with E-state index in [9.17, 15) is 4.79 Å². The molecule has 0 aromatic heterocycles. The second-order valence-corrected chi connectivity index (χ2v) is 5.21. The predicted octanol–water partition coefficient (Wildman–Crippen LogP) is 0.707. The van der Waals surface area contributed by atoms with Crippen molar-refractivity contribution < 1.29 is 23.7 Å². The van der Waals surface area contributed by atoms with Crippen molar-refractivity contribution in [3.8, 4) is 17.2 Å². The summed E-state index contributed by atoms with van der Waals surface area (Å²) in [5.41, 5.74) is 0.871. The highest BCUT2D eigenvalue weighted by Crippen LogP contribution is 2.38. The lowest BCUT2D eigenvalue weighted by molar-refractivity contribution is -0.124. The van der Waals surface area contributed by atoms with Gasteiger partial charge in [-0.15, -0.1) is 0 Å². The minimum atomic E-state index is -0.0660. The van der Waals surface area contributed by atoms with Crippen molar-refractivity contribution in [3.63, 3.8) is 0 Å². The normalized spacial score (nSPS) is 17.4. The van der Waals surface area contributed by atoms with Crippen LogP contribution in [0.1, 0.15) is 12.0 Å². The Labute approximate surface area is 136 Å².